The largest absolute Gasteiger partial charge is 0.464 e. The van der Waals surface area contributed by atoms with Crippen molar-refractivity contribution >= 4 is 28.5 Å². The molecule has 0 saturated carbocycles. The molecule has 0 spiro atoms. The summed E-state index contributed by atoms with van der Waals surface area (Å²) in [6, 6.07) is 9.60. The Kier molecular flexibility index (Phi) is 6.41. The fourth-order valence-corrected chi connectivity index (χ4v) is 4.85. The van der Waals surface area contributed by atoms with Crippen molar-refractivity contribution in [3.8, 4) is 0 Å². The molecule has 184 valence electrons. The van der Waals surface area contributed by atoms with Gasteiger partial charge >= 0.3 is 0 Å². The number of benzene rings is 1. The molecular weight excluding hydrogens is 456 g/mol. The molecule has 3 aromatic heterocycles. The Morgan fingerprint density at radius 2 is 2.00 bits per heavy atom. The average Bonchev–Trinajstić information content (AvgIpc) is 3.43. The summed E-state index contributed by atoms with van der Waals surface area (Å²) in [5, 5.41) is 8.27. The normalized spacial score (nSPS) is 14.1. The molecule has 2 N–H and O–H groups in total. The van der Waals surface area contributed by atoms with Crippen LogP contribution in [0.1, 0.15) is 62.7 Å². The molecule has 1 aliphatic rings. The number of pyridine rings is 1. The predicted octanol–water partition coefficient (Wildman–Crippen LogP) is 4.68. The van der Waals surface area contributed by atoms with Crippen LogP contribution in [0.15, 0.2) is 56.7 Å². The van der Waals surface area contributed by atoms with Gasteiger partial charge in [-0.25, -0.2) is 5.43 Å². The third-order valence-corrected chi connectivity index (χ3v) is 6.45. The molecule has 5 rings (SSSR count). The number of carbonyl (C=O) groups excluding carboxylic acids is 2. The lowest BCUT2D eigenvalue weighted by Crippen LogP contribution is -2.24. The van der Waals surface area contributed by atoms with E-state index in [4.69, 9.17) is 8.83 Å². The lowest BCUT2D eigenvalue weighted by molar-refractivity contribution is -0.120. The highest BCUT2D eigenvalue weighted by Crippen LogP contribution is 2.30. The van der Waals surface area contributed by atoms with Crippen molar-refractivity contribution in [1.82, 2.24) is 15.7 Å². The summed E-state index contributed by atoms with van der Waals surface area (Å²) < 4.78 is 11.6. The SMILES string of the molecule is Cc1cc(C)c2c(CC(=O)N/N=C3\CCCc4oc(C(=O)NCc5ccccn5)c(C)c43)coc2c1. The summed E-state index contributed by atoms with van der Waals surface area (Å²) in [5.41, 5.74) is 9.52. The van der Waals surface area contributed by atoms with Crippen LogP contribution in [0, 0.1) is 20.8 Å². The molecule has 8 nitrogen and oxygen atoms in total. The van der Waals surface area contributed by atoms with Crippen LogP contribution in [0.4, 0.5) is 0 Å². The van der Waals surface area contributed by atoms with Gasteiger partial charge < -0.3 is 14.2 Å². The van der Waals surface area contributed by atoms with Gasteiger partial charge in [-0.15, -0.1) is 0 Å². The van der Waals surface area contributed by atoms with Crippen molar-refractivity contribution in [2.75, 3.05) is 0 Å². The van der Waals surface area contributed by atoms with Crippen molar-refractivity contribution < 1.29 is 18.4 Å². The molecule has 0 aliphatic heterocycles. The van der Waals surface area contributed by atoms with Crippen molar-refractivity contribution in [3.63, 3.8) is 0 Å². The van der Waals surface area contributed by atoms with Gasteiger partial charge in [0.1, 0.15) is 11.3 Å². The Labute approximate surface area is 208 Å². The quantitative estimate of drug-likeness (QED) is 0.386. The van der Waals surface area contributed by atoms with Crippen molar-refractivity contribution in [2.24, 2.45) is 5.10 Å². The maximum atomic E-state index is 12.8. The van der Waals surface area contributed by atoms with E-state index in [-0.39, 0.29) is 24.0 Å². The first-order valence-corrected chi connectivity index (χ1v) is 12.0. The standard InChI is InChI=1S/C28H28N4O4/c1-16-11-17(2)25-19(15-35-23(25)12-16)13-24(33)32-31-21-8-6-9-22-26(21)18(3)27(36-22)28(34)30-14-20-7-4-5-10-29-20/h4-5,7,10-12,15H,6,8-9,13-14H2,1-3H3,(H,30,34)(H,32,33)/b31-21+. The van der Waals surface area contributed by atoms with Crippen LogP contribution in [0.2, 0.25) is 0 Å². The smallest absolute Gasteiger partial charge is 0.287 e. The molecule has 0 radical (unpaired) electrons. The van der Waals surface area contributed by atoms with Gasteiger partial charge in [0.25, 0.3) is 5.91 Å². The highest BCUT2D eigenvalue weighted by atomic mass is 16.4. The summed E-state index contributed by atoms with van der Waals surface area (Å²) in [4.78, 5) is 29.8. The number of aromatic nitrogens is 1. The third kappa shape index (κ3) is 4.66. The number of furan rings is 2. The number of hydrogen-bond donors (Lipinski definition) is 2. The molecule has 0 saturated heterocycles. The Morgan fingerprint density at radius 3 is 2.81 bits per heavy atom. The molecule has 4 aromatic rings. The molecule has 8 heteroatoms. The average molecular weight is 485 g/mol. The van der Waals surface area contributed by atoms with Gasteiger partial charge in [0, 0.05) is 34.7 Å². The molecule has 3 heterocycles. The predicted molar refractivity (Wildman–Crippen MR) is 136 cm³/mol. The van der Waals surface area contributed by atoms with Crippen LogP contribution >= 0.6 is 0 Å². The highest BCUT2D eigenvalue weighted by molar-refractivity contribution is 6.06. The first-order chi connectivity index (χ1) is 17.4. The third-order valence-electron chi connectivity index (χ3n) is 6.45. The van der Waals surface area contributed by atoms with E-state index in [0.29, 0.717) is 13.0 Å². The van der Waals surface area contributed by atoms with Crippen molar-refractivity contribution in [3.05, 3.63) is 87.8 Å². The van der Waals surface area contributed by atoms with Gasteiger partial charge in [0.15, 0.2) is 5.76 Å². The Balaban J connectivity index is 1.30. The lowest BCUT2D eigenvalue weighted by Gasteiger charge is -2.13. The minimum absolute atomic E-state index is 0.159. The highest BCUT2D eigenvalue weighted by Gasteiger charge is 2.28. The van der Waals surface area contributed by atoms with E-state index >= 15 is 0 Å². The summed E-state index contributed by atoms with van der Waals surface area (Å²) >= 11 is 0. The number of rotatable bonds is 6. The topological polar surface area (TPSA) is 110 Å². The molecule has 1 aliphatic carbocycles. The van der Waals surface area contributed by atoms with E-state index in [9.17, 15) is 9.59 Å². The van der Waals surface area contributed by atoms with E-state index in [2.05, 4.69) is 26.9 Å². The first kappa shape index (κ1) is 23.5. The lowest BCUT2D eigenvalue weighted by atomic mass is 9.93. The van der Waals surface area contributed by atoms with E-state index in [1.54, 1.807) is 12.5 Å². The minimum Gasteiger partial charge on any atom is -0.464 e. The number of nitrogens with one attached hydrogen (secondary N) is 2. The van der Waals surface area contributed by atoms with Gasteiger partial charge in [-0.3, -0.25) is 14.6 Å². The fraction of sp³-hybridized carbons (Fsp3) is 0.286. The second kappa shape index (κ2) is 9.81. The van der Waals surface area contributed by atoms with Crippen LogP contribution in [0.5, 0.6) is 0 Å². The number of carbonyl (C=O) groups is 2. The van der Waals surface area contributed by atoms with E-state index in [1.807, 2.05) is 45.0 Å². The summed E-state index contributed by atoms with van der Waals surface area (Å²) in [7, 11) is 0. The van der Waals surface area contributed by atoms with Crippen LogP contribution in [-0.4, -0.2) is 22.5 Å². The molecular formula is C28H28N4O4. The summed E-state index contributed by atoms with van der Waals surface area (Å²) in [6.45, 7) is 6.19. The van der Waals surface area contributed by atoms with Crippen LogP contribution in [0.3, 0.4) is 0 Å². The number of hydrogen-bond acceptors (Lipinski definition) is 6. The molecule has 0 unspecified atom stereocenters. The molecule has 36 heavy (non-hydrogen) atoms. The van der Waals surface area contributed by atoms with Gasteiger partial charge in [0.05, 0.1) is 30.6 Å². The minimum atomic E-state index is -0.298. The second-order valence-electron chi connectivity index (χ2n) is 9.20. The van der Waals surface area contributed by atoms with Crippen molar-refractivity contribution in [1.29, 1.82) is 0 Å². The van der Waals surface area contributed by atoms with E-state index in [1.165, 1.54) is 0 Å². The maximum absolute atomic E-state index is 12.8. The van der Waals surface area contributed by atoms with Gasteiger partial charge in [-0.2, -0.15) is 5.10 Å². The molecule has 0 bridgehead atoms. The Morgan fingerprint density at radius 1 is 1.14 bits per heavy atom. The number of amides is 2. The van der Waals surface area contributed by atoms with E-state index in [0.717, 1.165) is 68.8 Å². The number of hydrazone groups is 1. The summed E-state index contributed by atoms with van der Waals surface area (Å²) in [6.07, 6.45) is 5.72. The zero-order valence-corrected chi connectivity index (χ0v) is 20.6. The Hall–Kier alpha value is -4.20. The van der Waals surface area contributed by atoms with E-state index < -0.39 is 0 Å². The molecule has 0 fully saturated rings. The monoisotopic (exact) mass is 484 g/mol. The number of aryl methyl sites for hydroxylation is 3. The molecule has 1 aromatic carbocycles. The fourth-order valence-electron chi connectivity index (χ4n) is 4.85. The maximum Gasteiger partial charge on any atom is 0.287 e. The van der Waals surface area contributed by atoms with Crippen LogP contribution in [-0.2, 0) is 24.2 Å². The van der Waals surface area contributed by atoms with Crippen LogP contribution < -0.4 is 10.7 Å². The van der Waals surface area contributed by atoms with Gasteiger partial charge in [-0.05, 0) is 62.9 Å². The van der Waals surface area contributed by atoms with Gasteiger partial charge in [0.2, 0.25) is 5.91 Å². The Bertz CT molecular complexity index is 1480. The summed E-state index contributed by atoms with van der Waals surface area (Å²) in [5.74, 6) is 0.467. The first-order valence-electron chi connectivity index (χ1n) is 12.0. The number of fused-ring (bicyclic) bond motifs is 2. The zero-order valence-electron chi connectivity index (χ0n) is 20.6. The zero-order chi connectivity index (χ0) is 25.2. The van der Waals surface area contributed by atoms with Crippen LogP contribution in [0.25, 0.3) is 11.0 Å². The molecule has 2 amide bonds. The molecule has 0 atom stereocenters. The number of nitrogens with zero attached hydrogens (tertiary/aromatic N) is 2. The van der Waals surface area contributed by atoms with Crippen molar-refractivity contribution in [2.45, 2.75) is 53.0 Å². The second-order valence-corrected chi connectivity index (χ2v) is 9.20. The van der Waals surface area contributed by atoms with Gasteiger partial charge in [-0.1, -0.05) is 12.1 Å².